The second kappa shape index (κ2) is 10.3. The fourth-order valence-electron chi connectivity index (χ4n) is 1.73. The molecule has 1 unspecified atom stereocenters. The smallest absolute Gasteiger partial charge is 0.407 e. The molecule has 21 heavy (non-hydrogen) atoms. The van der Waals surface area contributed by atoms with Gasteiger partial charge in [0.15, 0.2) is 5.96 Å². The third-order valence-electron chi connectivity index (χ3n) is 2.64. The summed E-state index contributed by atoms with van der Waals surface area (Å²) in [7, 11) is 1.74. The van der Waals surface area contributed by atoms with E-state index >= 15 is 0 Å². The maximum atomic E-state index is 11.8. The van der Waals surface area contributed by atoms with Crippen LogP contribution in [-0.2, 0) is 4.74 Å². The molecule has 1 atom stereocenters. The number of ether oxygens (including phenoxy) is 1. The molecular weight excluding hydrogens is 268 g/mol. The van der Waals surface area contributed by atoms with E-state index in [-0.39, 0.29) is 12.1 Å². The van der Waals surface area contributed by atoms with E-state index in [4.69, 9.17) is 4.74 Å². The molecule has 6 heteroatoms. The number of carbonyl (C=O) groups excluding carboxylic acids is 1. The van der Waals surface area contributed by atoms with Gasteiger partial charge in [-0.25, -0.2) is 4.79 Å². The van der Waals surface area contributed by atoms with Gasteiger partial charge in [0.1, 0.15) is 5.60 Å². The first-order valence-corrected chi connectivity index (χ1v) is 7.76. The summed E-state index contributed by atoms with van der Waals surface area (Å²) in [5, 5.41) is 9.33. The van der Waals surface area contributed by atoms with Crippen molar-refractivity contribution >= 4 is 12.1 Å². The molecule has 0 saturated heterocycles. The van der Waals surface area contributed by atoms with E-state index in [0.717, 1.165) is 31.8 Å². The van der Waals surface area contributed by atoms with Gasteiger partial charge in [-0.2, -0.15) is 0 Å². The molecule has 0 heterocycles. The van der Waals surface area contributed by atoms with Crippen LogP contribution >= 0.6 is 0 Å². The molecule has 124 valence electrons. The van der Waals surface area contributed by atoms with Crippen molar-refractivity contribution < 1.29 is 9.53 Å². The lowest BCUT2D eigenvalue weighted by atomic mass is 10.1. The molecule has 1 amide bonds. The molecule has 6 nitrogen and oxygen atoms in total. The zero-order valence-electron chi connectivity index (χ0n) is 14.4. The van der Waals surface area contributed by atoms with Crippen LogP contribution in [0.2, 0.25) is 0 Å². The van der Waals surface area contributed by atoms with E-state index in [1.165, 1.54) is 0 Å². The number of aliphatic imine (C=N–C) groups is 1. The van der Waals surface area contributed by atoms with Gasteiger partial charge >= 0.3 is 6.09 Å². The number of hydrogen-bond acceptors (Lipinski definition) is 3. The molecule has 0 aromatic heterocycles. The molecule has 0 saturated carbocycles. The average Bonchev–Trinajstić information content (AvgIpc) is 2.36. The number of carbonyl (C=O) groups is 1. The molecule has 0 aliphatic heterocycles. The Kier molecular flexibility index (Phi) is 9.58. The summed E-state index contributed by atoms with van der Waals surface area (Å²) >= 11 is 0. The first-order chi connectivity index (χ1) is 9.82. The minimum atomic E-state index is -0.479. The van der Waals surface area contributed by atoms with E-state index in [9.17, 15) is 4.79 Å². The Bertz CT molecular complexity index is 324. The first kappa shape index (κ1) is 19.5. The summed E-state index contributed by atoms with van der Waals surface area (Å²) in [5.74, 6) is 0.754. The van der Waals surface area contributed by atoms with Crippen LogP contribution in [0.1, 0.15) is 53.9 Å². The van der Waals surface area contributed by atoms with Gasteiger partial charge in [-0.1, -0.05) is 20.3 Å². The number of guanidine groups is 1. The Balaban J connectivity index is 4.32. The fourth-order valence-corrected chi connectivity index (χ4v) is 1.73. The van der Waals surface area contributed by atoms with Gasteiger partial charge in [0, 0.05) is 26.2 Å². The topological polar surface area (TPSA) is 74.8 Å². The SMILES string of the molecule is CCCNC(=NC)NCC(CCC)NC(=O)OC(C)(C)C. The highest BCUT2D eigenvalue weighted by Crippen LogP contribution is 2.07. The van der Waals surface area contributed by atoms with Crippen molar-refractivity contribution in [1.29, 1.82) is 0 Å². The highest BCUT2D eigenvalue weighted by Gasteiger charge is 2.19. The average molecular weight is 300 g/mol. The summed E-state index contributed by atoms with van der Waals surface area (Å²) in [6.07, 6.45) is 2.54. The van der Waals surface area contributed by atoms with Crippen LogP contribution in [0.5, 0.6) is 0 Å². The fraction of sp³-hybridized carbons (Fsp3) is 0.867. The monoisotopic (exact) mass is 300 g/mol. The first-order valence-electron chi connectivity index (χ1n) is 7.76. The molecular formula is C15H32N4O2. The van der Waals surface area contributed by atoms with E-state index in [1.54, 1.807) is 7.05 Å². The quantitative estimate of drug-likeness (QED) is 0.498. The Morgan fingerprint density at radius 2 is 1.86 bits per heavy atom. The zero-order valence-corrected chi connectivity index (χ0v) is 14.4. The van der Waals surface area contributed by atoms with Crippen molar-refractivity contribution in [2.45, 2.75) is 65.5 Å². The largest absolute Gasteiger partial charge is 0.444 e. The minimum Gasteiger partial charge on any atom is -0.444 e. The van der Waals surface area contributed by atoms with Gasteiger partial charge in [0.2, 0.25) is 0 Å². The molecule has 0 aliphatic rings. The number of nitrogens with zero attached hydrogens (tertiary/aromatic N) is 1. The predicted octanol–water partition coefficient (Wildman–Crippen LogP) is 2.25. The van der Waals surface area contributed by atoms with Crippen LogP contribution in [0.3, 0.4) is 0 Å². The molecule has 0 aromatic rings. The Hall–Kier alpha value is -1.46. The maximum Gasteiger partial charge on any atom is 0.407 e. The number of alkyl carbamates (subject to hydrolysis) is 1. The van der Waals surface area contributed by atoms with Crippen LogP contribution in [0, 0.1) is 0 Å². The number of amides is 1. The lowest BCUT2D eigenvalue weighted by molar-refractivity contribution is 0.0502. The summed E-state index contributed by atoms with van der Waals surface area (Å²) in [6, 6.07) is 0.0185. The molecule has 0 rings (SSSR count). The molecule has 0 bridgehead atoms. The van der Waals surface area contributed by atoms with Crippen molar-refractivity contribution in [1.82, 2.24) is 16.0 Å². The summed E-state index contributed by atoms with van der Waals surface area (Å²) in [4.78, 5) is 16.0. The Morgan fingerprint density at radius 1 is 1.19 bits per heavy atom. The predicted molar refractivity (Wildman–Crippen MR) is 87.7 cm³/mol. The summed E-state index contributed by atoms with van der Waals surface area (Å²) in [6.45, 7) is 11.3. The normalized spacial score (nSPS) is 13.5. The standard InChI is InChI=1S/C15H32N4O2/c1-7-9-12(19-14(20)21-15(3,4)5)11-18-13(16-6)17-10-8-2/h12H,7-11H2,1-6H3,(H,19,20)(H2,16,17,18). The number of nitrogens with one attached hydrogen (secondary N) is 3. The number of rotatable bonds is 7. The van der Waals surface area contributed by atoms with Gasteiger partial charge in [0.05, 0.1) is 0 Å². The van der Waals surface area contributed by atoms with Crippen LogP contribution in [0.25, 0.3) is 0 Å². The van der Waals surface area contributed by atoms with Crippen LogP contribution < -0.4 is 16.0 Å². The summed E-state index contributed by atoms with van der Waals surface area (Å²) < 4.78 is 5.29. The van der Waals surface area contributed by atoms with Gasteiger partial charge in [-0.05, 0) is 33.6 Å². The second-order valence-corrected chi connectivity index (χ2v) is 6.01. The van der Waals surface area contributed by atoms with Crippen LogP contribution in [-0.4, -0.2) is 43.8 Å². The van der Waals surface area contributed by atoms with Crippen LogP contribution in [0.4, 0.5) is 4.79 Å². The van der Waals surface area contributed by atoms with E-state index in [2.05, 4.69) is 34.8 Å². The molecule has 0 spiro atoms. The molecule has 0 radical (unpaired) electrons. The van der Waals surface area contributed by atoms with E-state index in [1.807, 2.05) is 20.8 Å². The second-order valence-electron chi connectivity index (χ2n) is 6.01. The zero-order chi connectivity index (χ0) is 16.3. The molecule has 0 aliphatic carbocycles. The minimum absolute atomic E-state index is 0.0185. The van der Waals surface area contributed by atoms with Crippen LogP contribution in [0.15, 0.2) is 4.99 Å². The van der Waals surface area contributed by atoms with Crippen molar-refractivity contribution in [2.75, 3.05) is 20.1 Å². The van der Waals surface area contributed by atoms with Gasteiger partial charge < -0.3 is 20.7 Å². The van der Waals surface area contributed by atoms with Gasteiger partial charge in [-0.15, -0.1) is 0 Å². The maximum absolute atomic E-state index is 11.8. The van der Waals surface area contributed by atoms with Crippen molar-refractivity contribution in [3.8, 4) is 0 Å². The lowest BCUT2D eigenvalue weighted by Crippen LogP contribution is -2.48. The third kappa shape index (κ3) is 10.9. The number of hydrogen-bond donors (Lipinski definition) is 3. The van der Waals surface area contributed by atoms with E-state index in [0.29, 0.717) is 6.54 Å². The molecule has 0 aromatic carbocycles. The molecule has 3 N–H and O–H groups in total. The van der Waals surface area contributed by atoms with Gasteiger partial charge in [0.25, 0.3) is 0 Å². The highest BCUT2D eigenvalue weighted by molar-refractivity contribution is 5.79. The molecule has 0 fully saturated rings. The Morgan fingerprint density at radius 3 is 2.33 bits per heavy atom. The summed E-state index contributed by atoms with van der Waals surface area (Å²) in [5.41, 5.74) is -0.479. The van der Waals surface area contributed by atoms with Crippen molar-refractivity contribution in [3.05, 3.63) is 0 Å². The van der Waals surface area contributed by atoms with E-state index < -0.39 is 5.60 Å². The third-order valence-corrected chi connectivity index (χ3v) is 2.64. The highest BCUT2D eigenvalue weighted by atomic mass is 16.6. The van der Waals surface area contributed by atoms with Crippen molar-refractivity contribution in [3.63, 3.8) is 0 Å². The Labute approximate surface area is 129 Å². The van der Waals surface area contributed by atoms with Gasteiger partial charge in [-0.3, -0.25) is 4.99 Å². The lowest BCUT2D eigenvalue weighted by Gasteiger charge is -2.24. The van der Waals surface area contributed by atoms with Crippen molar-refractivity contribution in [2.24, 2.45) is 4.99 Å².